The molecule has 1 aromatic heterocycles. The van der Waals surface area contributed by atoms with Gasteiger partial charge in [-0.25, -0.2) is 9.97 Å². The van der Waals surface area contributed by atoms with Crippen molar-refractivity contribution in [3.05, 3.63) is 89.8 Å². The van der Waals surface area contributed by atoms with Gasteiger partial charge in [-0.1, -0.05) is 54.2 Å². The number of allylic oxidation sites excluding steroid dienone is 2. The molecule has 2 aromatic carbocycles. The lowest BCUT2D eigenvalue weighted by molar-refractivity contribution is -0.139. The molecule has 2 aliphatic rings. The fourth-order valence-electron chi connectivity index (χ4n) is 5.60. The van der Waals surface area contributed by atoms with Crippen LogP contribution in [-0.2, 0) is 20.9 Å². The highest BCUT2D eigenvalue weighted by Crippen LogP contribution is 2.29. The Hall–Kier alpha value is -3.69. The zero-order valence-corrected chi connectivity index (χ0v) is 25.2. The van der Waals surface area contributed by atoms with Crippen LogP contribution < -0.4 is 10.2 Å². The molecule has 1 aliphatic heterocycles. The molecule has 2 amide bonds. The lowest BCUT2D eigenvalue weighted by Gasteiger charge is -2.37. The molecular weight excluding hydrogens is 546 g/mol. The van der Waals surface area contributed by atoms with Crippen LogP contribution in [0.4, 0.5) is 11.4 Å². The molecule has 0 bridgehead atoms. The lowest BCUT2D eigenvalue weighted by atomic mass is 9.86. The molecule has 2 heterocycles. The van der Waals surface area contributed by atoms with E-state index < -0.39 is 6.04 Å². The smallest absolute Gasteiger partial charge is 0.247 e. The van der Waals surface area contributed by atoms with E-state index in [4.69, 9.17) is 4.74 Å². The normalized spacial score (nSPS) is 17.5. The Bertz CT molecular complexity index is 1360. The molecule has 8 nitrogen and oxygen atoms in total. The van der Waals surface area contributed by atoms with Crippen molar-refractivity contribution >= 4 is 35.0 Å². The molecule has 9 heteroatoms. The number of nitrogens with zero attached hydrogens (tertiary/aromatic N) is 4. The fourth-order valence-corrected chi connectivity index (χ4v) is 6.43. The maximum Gasteiger partial charge on any atom is 0.247 e. The van der Waals surface area contributed by atoms with Crippen LogP contribution in [0, 0.1) is 19.8 Å². The summed E-state index contributed by atoms with van der Waals surface area (Å²) in [6.45, 7) is 7.33. The topological polar surface area (TPSA) is 87.7 Å². The van der Waals surface area contributed by atoms with Crippen LogP contribution in [0.3, 0.4) is 0 Å². The number of carbonyl (C=O) groups is 2. The summed E-state index contributed by atoms with van der Waals surface area (Å²) in [5.41, 5.74) is 4.54. The first kappa shape index (κ1) is 29.8. The summed E-state index contributed by atoms with van der Waals surface area (Å²) < 4.78 is 5.47. The number of aryl methyl sites for hydroxylation is 2. The minimum atomic E-state index is -0.623. The number of nitrogens with one attached hydrogen (secondary N) is 1. The highest BCUT2D eigenvalue weighted by atomic mass is 32.2. The third kappa shape index (κ3) is 7.98. The third-order valence-electron chi connectivity index (χ3n) is 7.67. The van der Waals surface area contributed by atoms with Crippen LogP contribution in [0.2, 0.25) is 0 Å². The number of ether oxygens (including phenoxy) is 1. The number of thioether (sulfide) groups is 1. The number of anilines is 2. The maximum atomic E-state index is 14.1. The number of hydrogen-bond donors (Lipinski definition) is 1. The quantitative estimate of drug-likeness (QED) is 0.193. The summed E-state index contributed by atoms with van der Waals surface area (Å²) in [6, 6.07) is 19.1. The molecule has 220 valence electrons. The van der Waals surface area contributed by atoms with Crippen molar-refractivity contribution in [2.24, 2.45) is 5.92 Å². The molecular formula is C33H39N5O3S. The van der Waals surface area contributed by atoms with Crippen molar-refractivity contribution in [1.82, 2.24) is 14.9 Å². The van der Waals surface area contributed by atoms with Gasteiger partial charge in [-0.15, -0.1) is 0 Å². The number of morpholine rings is 1. The first-order valence-corrected chi connectivity index (χ1v) is 15.6. The molecule has 5 rings (SSSR count). The molecule has 1 aliphatic carbocycles. The van der Waals surface area contributed by atoms with Crippen LogP contribution in [0.15, 0.2) is 78.0 Å². The van der Waals surface area contributed by atoms with Crippen LogP contribution in [0.5, 0.6) is 0 Å². The zero-order valence-electron chi connectivity index (χ0n) is 24.4. The highest BCUT2D eigenvalue weighted by molar-refractivity contribution is 7.99. The minimum absolute atomic E-state index is 0.0118. The SMILES string of the molecule is Cc1cc(C)nc(SCC(=O)N(Cc2ccccc2)C(C(=O)Nc2ccc(N3CCOCC3)cc2)C2CC=CCC2)n1. The fraction of sp³-hybridized carbons (Fsp3) is 0.394. The predicted octanol–water partition coefficient (Wildman–Crippen LogP) is 5.41. The molecule has 1 fully saturated rings. The Morgan fingerprint density at radius 1 is 1.02 bits per heavy atom. The van der Waals surface area contributed by atoms with E-state index >= 15 is 0 Å². The van der Waals surface area contributed by atoms with Crippen LogP contribution in [0.25, 0.3) is 0 Å². The van der Waals surface area contributed by atoms with Crippen LogP contribution in [-0.4, -0.2) is 64.8 Å². The number of aromatic nitrogens is 2. The van der Waals surface area contributed by atoms with Crippen molar-refractivity contribution < 1.29 is 14.3 Å². The second-order valence-electron chi connectivity index (χ2n) is 10.9. The first-order chi connectivity index (χ1) is 20.5. The Morgan fingerprint density at radius 2 is 1.74 bits per heavy atom. The van der Waals surface area contributed by atoms with E-state index in [2.05, 4.69) is 32.3 Å². The minimum Gasteiger partial charge on any atom is -0.378 e. The summed E-state index contributed by atoms with van der Waals surface area (Å²) in [5, 5.41) is 3.72. The van der Waals surface area contributed by atoms with Crippen LogP contribution in [0.1, 0.15) is 36.2 Å². The number of benzene rings is 2. The third-order valence-corrected chi connectivity index (χ3v) is 8.51. The van der Waals surface area contributed by atoms with Crippen molar-refractivity contribution in [2.45, 2.75) is 50.9 Å². The van der Waals surface area contributed by atoms with E-state index in [0.29, 0.717) is 11.7 Å². The average molecular weight is 586 g/mol. The zero-order chi connectivity index (χ0) is 29.3. The van der Waals surface area contributed by atoms with Gasteiger partial charge in [0, 0.05) is 42.4 Å². The van der Waals surface area contributed by atoms with E-state index in [1.165, 1.54) is 11.8 Å². The molecule has 0 radical (unpaired) electrons. The van der Waals surface area contributed by atoms with Gasteiger partial charge < -0.3 is 19.9 Å². The maximum absolute atomic E-state index is 14.1. The van der Waals surface area contributed by atoms with Gasteiger partial charge >= 0.3 is 0 Å². The second-order valence-corrected chi connectivity index (χ2v) is 11.8. The molecule has 1 saturated heterocycles. The Morgan fingerprint density at radius 3 is 2.40 bits per heavy atom. The van der Waals surface area contributed by atoms with Crippen molar-refractivity contribution in [3.63, 3.8) is 0 Å². The van der Waals surface area contributed by atoms with E-state index in [1.807, 2.05) is 74.5 Å². The molecule has 1 N–H and O–H groups in total. The Labute approximate surface area is 252 Å². The summed E-state index contributed by atoms with van der Waals surface area (Å²) in [7, 11) is 0. The summed E-state index contributed by atoms with van der Waals surface area (Å²) in [6.07, 6.45) is 6.78. The van der Waals surface area contributed by atoms with Gasteiger partial charge in [0.25, 0.3) is 0 Å². The molecule has 2 unspecified atom stereocenters. The van der Waals surface area contributed by atoms with Gasteiger partial charge in [-0.2, -0.15) is 0 Å². The Kier molecular flexibility index (Phi) is 10.3. The van der Waals surface area contributed by atoms with Gasteiger partial charge in [0.1, 0.15) is 6.04 Å². The summed E-state index contributed by atoms with van der Waals surface area (Å²) >= 11 is 1.32. The van der Waals surface area contributed by atoms with E-state index in [9.17, 15) is 9.59 Å². The number of carbonyl (C=O) groups excluding carboxylic acids is 2. The first-order valence-electron chi connectivity index (χ1n) is 14.6. The van der Waals surface area contributed by atoms with Crippen molar-refractivity contribution in [2.75, 3.05) is 42.3 Å². The van der Waals surface area contributed by atoms with E-state index in [0.717, 1.165) is 73.9 Å². The number of amides is 2. The lowest BCUT2D eigenvalue weighted by Crippen LogP contribution is -2.51. The van der Waals surface area contributed by atoms with Gasteiger partial charge in [-0.3, -0.25) is 9.59 Å². The summed E-state index contributed by atoms with van der Waals surface area (Å²) in [5.74, 6) is -0.107. The monoisotopic (exact) mass is 585 g/mol. The standard InChI is InChI=1S/C33H39N5O3S/c1-24-21-25(2)35-33(34-24)42-23-30(39)38(22-26-9-5-3-6-10-26)31(27-11-7-4-8-12-27)32(40)36-28-13-15-29(16-14-28)37-17-19-41-20-18-37/h3-7,9-10,13-16,21,27,31H,8,11-12,17-20,22-23H2,1-2H3,(H,36,40). The molecule has 42 heavy (non-hydrogen) atoms. The predicted molar refractivity (Wildman–Crippen MR) is 168 cm³/mol. The molecule has 3 aromatic rings. The van der Waals surface area contributed by atoms with Crippen LogP contribution >= 0.6 is 11.8 Å². The summed E-state index contributed by atoms with van der Waals surface area (Å²) in [4.78, 5) is 41.1. The molecule has 2 atom stereocenters. The average Bonchev–Trinajstić information content (AvgIpc) is 3.01. The van der Waals surface area contributed by atoms with E-state index in [1.54, 1.807) is 4.90 Å². The number of rotatable bonds is 10. The molecule has 0 spiro atoms. The highest BCUT2D eigenvalue weighted by Gasteiger charge is 2.36. The number of hydrogen-bond acceptors (Lipinski definition) is 7. The van der Waals surface area contributed by atoms with Gasteiger partial charge in [0.05, 0.1) is 19.0 Å². The second kappa shape index (κ2) is 14.5. The largest absolute Gasteiger partial charge is 0.378 e. The van der Waals surface area contributed by atoms with Gasteiger partial charge in [0.15, 0.2) is 5.16 Å². The van der Waals surface area contributed by atoms with Gasteiger partial charge in [-0.05, 0) is 74.9 Å². The van der Waals surface area contributed by atoms with Crippen molar-refractivity contribution in [3.8, 4) is 0 Å². The van der Waals surface area contributed by atoms with Crippen molar-refractivity contribution in [1.29, 1.82) is 0 Å². The van der Waals surface area contributed by atoms with E-state index in [-0.39, 0.29) is 23.5 Å². The Balaban J connectivity index is 1.38. The van der Waals surface area contributed by atoms with Gasteiger partial charge in [0.2, 0.25) is 11.8 Å². The molecule has 0 saturated carbocycles.